The molecule has 1 fully saturated rings. The number of hydrogen-bond donors (Lipinski definition) is 0. The molecule has 0 N–H and O–H groups in total. The van der Waals surface area contributed by atoms with Crippen LogP contribution < -0.4 is 0 Å². The Bertz CT molecular complexity index is 369. The Morgan fingerprint density at radius 2 is 2.00 bits per heavy atom. The van der Waals surface area contributed by atoms with Crippen molar-refractivity contribution in [2.75, 3.05) is 0 Å². The molecule has 0 heterocycles. The average molecular weight is 279 g/mol. The Morgan fingerprint density at radius 1 is 1.37 bits per heavy atom. The van der Waals surface area contributed by atoms with Crippen molar-refractivity contribution in [2.24, 2.45) is 11.8 Å². The quantitative estimate of drug-likeness (QED) is 0.481. The Kier molecular flexibility index (Phi) is 5.78. The molecule has 1 saturated carbocycles. The second kappa shape index (κ2) is 6.69. The summed E-state index contributed by atoms with van der Waals surface area (Å²) < 4.78 is 0. The highest BCUT2D eigenvalue weighted by Gasteiger charge is 2.38. The van der Waals surface area contributed by atoms with E-state index in [1.165, 1.54) is 11.1 Å². The number of allylic oxidation sites excluding steroid dienone is 3. The van der Waals surface area contributed by atoms with E-state index in [2.05, 4.69) is 46.1 Å². The molecular formula is C17H30OSi. The summed E-state index contributed by atoms with van der Waals surface area (Å²) in [5.41, 5.74) is 2.68. The van der Waals surface area contributed by atoms with Gasteiger partial charge in [-0.15, -0.1) is 0 Å². The first-order chi connectivity index (χ1) is 8.70. The van der Waals surface area contributed by atoms with Gasteiger partial charge in [0, 0.05) is 20.4 Å². The molecule has 1 aliphatic carbocycles. The third-order valence-electron chi connectivity index (χ3n) is 3.98. The second-order valence-electron chi connectivity index (χ2n) is 7.46. The fraction of sp³-hybridized carbons (Fsp3) is 0.706. The standard InChI is InChI=1S/C17H30OSi/c1-13(2)8-7-9-14(3)15-10-11-17(18)16(15)12-19(4,5)6/h8,15-16H,3,7,9-12H2,1-2,4-6H3/t15-,16-/m0/s1. The zero-order chi connectivity index (χ0) is 14.6. The SMILES string of the molecule is C=C(CCC=C(C)C)[C@@H]1CCC(=O)[C@H]1C[Si](C)(C)C. The van der Waals surface area contributed by atoms with Crippen LogP contribution in [0.4, 0.5) is 0 Å². The monoisotopic (exact) mass is 278 g/mol. The van der Waals surface area contributed by atoms with Crippen molar-refractivity contribution in [3.63, 3.8) is 0 Å². The maximum absolute atomic E-state index is 12.1. The first kappa shape index (κ1) is 16.4. The highest BCUT2D eigenvalue weighted by molar-refractivity contribution is 6.76. The van der Waals surface area contributed by atoms with Crippen molar-refractivity contribution in [1.29, 1.82) is 0 Å². The van der Waals surface area contributed by atoms with Crippen molar-refractivity contribution in [1.82, 2.24) is 0 Å². The molecule has 0 aromatic rings. The van der Waals surface area contributed by atoms with Crippen LogP contribution in [0.3, 0.4) is 0 Å². The van der Waals surface area contributed by atoms with Gasteiger partial charge in [-0.25, -0.2) is 0 Å². The number of Topliss-reactive ketones (excluding diaryl/α,β-unsaturated/α-hetero) is 1. The fourth-order valence-corrected chi connectivity index (χ4v) is 4.88. The molecule has 2 atom stereocenters. The van der Waals surface area contributed by atoms with E-state index in [0.29, 0.717) is 11.7 Å². The van der Waals surface area contributed by atoms with Gasteiger partial charge < -0.3 is 0 Å². The third-order valence-corrected chi connectivity index (χ3v) is 5.64. The van der Waals surface area contributed by atoms with Crippen molar-refractivity contribution in [2.45, 2.75) is 65.2 Å². The first-order valence-corrected chi connectivity index (χ1v) is 11.2. The molecule has 0 spiro atoms. The van der Waals surface area contributed by atoms with Gasteiger partial charge in [-0.05, 0) is 45.1 Å². The summed E-state index contributed by atoms with van der Waals surface area (Å²) in [5, 5.41) is 0. The van der Waals surface area contributed by atoms with Gasteiger partial charge in [0.1, 0.15) is 5.78 Å². The highest BCUT2D eigenvalue weighted by atomic mass is 28.3. The lowest BCUT2D eigenvalue weighted by molar-refractivity contribution is -0.120. The summed E-state index contributed by atoms with van der Waals surface area (Å²) in [7, 11) is -1.17. The molecule has 0 unspecified atom stereocenters. The highest BCUT2D eigenvalue weighted by Crippen LogP contribution is 2.40. The largest absolute Gasteiger partial charge is 0.299 e. The van der Waals surface area contributed by atoms with Crippen molar-refractivity contribution >= 4 is 13.9 Å². The minimum Gasteiger partial charge on any atom is -0.299 e. The molecule has 0 saturated heterocycles. The van der Waals surface area contributed by atoms with Gasteiger partial charge in [0.15, 0.2) is 0 Å². The van der Waals surface area contributed by atoms with E-state index in [-0.39, 0.29) is 5.92 Å². The predicted molar refractivity (Wildman–Crippen MR) is 87.2 cm³/mol. The average Bonchev–Trinajstić information content (AvgIpc) is 2.57. The summed E-state index contributed by atoms with van der Waals surface area (Å²) in [4.78, 5) is 12.1. The molecule has 1 nitrogen and oxygen atoms in total. The molecule has 0 radical (unpaired) electrons. The van der Waals surface area contributed by atoms with Crippen molar-refractivity contribution in [3.8, 4) is 0 Å². The minimum atomic E-state index is -1.17. The molecule has 0 aromatic carbocycles. The van der Waals surface area contributed by atoms with Crippen LogP contribution in [-0.4, -0.2) is 13.9 Å². The molecule has 0 aromatic heterocycles. The zero-order valence-corrected chi connectivity index (χ0v) is 14.4. The molecule has 1 rings (SSSR count). The normalized spacial score (nSPS) is 23.5. The molecule has 0 aliphatic heterocycles. The van der Waals surface area contributed by atoms with E-state index >= 15 is 0 Å². The van der Waals surface area contributed by atoms with E-state index in [0.717, 1.165) is 31.7 Å². The fourth-order valence-electron chi connectivity index (χ4n) is 3.04. The van der Waals surface area contributed by atoms with Gasteiger partial charge in [-0.1, -0.05) is 43.4 Å². The molecule has 2 heteroatoms. The smallest absolute Gasteiger partial charge is 0.136 e. The Labute approximate surface area is 120 Å². The van der Waals surface area contributed by atoms with Crippen LogP contribution in [0, 0.1) is 11.8 Å². The Hall–Kier alpha value is -0.633. The molecule has 1 aliphatic rings. The summed E-state index contributed by atoms with van der Waals surface area (Å²) in [6.07, 6.45) is 6.22. The summed E-state index contributed by atoms with van der Waals surface area (Å²) in [6, 6.07) is 1.14. The topological polar surface area (TPSA) is 17.1 Å². The van der Waals surface area contributed by atoms with Crippen LogP contribution in [-0.2, 0) is 4.79 Å². The molecule has 0 amide bonds. The third kappa shape index (κ3) is 5.48. The first-order valence-electron chi connectivity index (χ1n) is 7.54. The lowest BCUT2D eigenvalue weighted by atomic mass is 9.88. The Morgan fingerprint density at radius 3 is 2.53 bits per heavy atom. The summed E-state index contributed by atoms with van der Waals surface area (Å²) >= 11 is 0. The van der Waals surface area contributed by atoms with Gasteiger partial charge in [0.2, 0.25) is 0 Å². The van der Waals surface area contributed by atoms with Crippen LogP contribution in [0.2, 0.25) is 25.7 Å². The summed E-state index contributed by atoms with van der Waals surface area (Å²) in [5.74, 6) is 1.24. The van der Waals surface area contributed by atoms with E-state index in [1.54, 1.807) is 0 Å². The van der Waals surface area contributed by atoms with Crippen LogP contribution in [0.5, 0.6) is 0 Å². The van der Waals surface area contributed by atoms with E-state index in [9.17, 15) is 4.79 Å². The number of rotatable bonds is 6. The number of carbonyl (C=O) groups is 1. The molecule has 108 valence electrons. The van der Waals surface area contributed by atoms with E-state index in [1.807, 2.05) is 0 Å². The van der Waals surface area contributed by atoms with E-state index < -0.39 is 8.07 Å². The Balaban J connectivity index is 2.62. The van der Waals surface area contributed by atoms with Gasteiger partial charge >= 0.3 is 0 Å². The lowest BCUT2D eigenvalue weighted by Gasteiger charge is -2.26. The van der Waals surface area contributed by atoms with Gasteiger partial charge in [-0.3, -0.25) is 4.79 Å². The second-order valence-corrected chi connectivity index (χ2v) is 13.0. The molecule has 19 heavy (non-hydrogen) atoms. The minimum absolute atomic E-state index is 0.283. The lowest BCUT2D eigenvalue weighted by Crippen LogP contribution is -2.29. The van der Waals surface area contributed by atoms with Gasteiger partial charge in [0.05, 0.1) is 0 Å². The zero-order valence-electron chi connectivity index (χ0n) is 13.4. The van der Waals surface area contributed by atoms with Crippen LogP contribution in [0.15, 0.2) is 23.8 Å². The predicted octanol–water partition coefficient (Wildman–Crippen LogP) is 5.22. The van der Waals surface area contributed by atoms with E-state index in [4.69, 9.17) is 0 Å². The van der Waals surface area contributed by atoms with Crippen LogP contribution >= 0.6 is 0 Å². The number of ketones is 1. The van der Waals surface area contributed by atoms with Crippen molar-refractivity contribution < 1.29 is 4.79 Å². The summed E-state index contributed by atoms with van der Waals surface area (Å²) in [6.45, 7) is 15.6. The molecular weight excluding hydrogens is 248 g/mol. The van der Waals surface area contributed by atoms with Gasteiger partial charge in [0.25, 0.3) is 0 Å². The van der Waals surface area contributed by atoms with Crippen LogP contribution in [0.25, 0.3) is 0 Å². The maximum atomic E-state index is 12.1. The van der Waals surface area contributed by atoms with Crippen LogP contribution in [0.1, 0.15) is 39.5 Å². The maximum Gasteiger partial charge on any atom is 0.136 e. The molecule has 0 bridgehead atoms. The van der Waals surface area contributed by atoms with Gasteiger partial charge in [-0.2, -0.15) is 0 Å². The number of carbonyl (C=O) groups excluding carboxylic acids is 1. The van der Waals surface area contributed by atoms with Crippen molar-refractivity contribution in [3.05, 3.63) is 23.8 Å². The number of hydrogen-bond acceptors (Lipinski definition) is 1.